The van der Waals surface area contributed by atoms with Crippen molar-refractivity contribution in [2.75, 3.05) is 5.32 Å². The molecule has 1 N–H and O–H groups in total. The highest BCUT2D eigenvalue weighted by Crippen LogP contribution is 2.34. The molecule has 7 heteroatoms. The molecule has 0 saturated carbocycles. The van der Waals surface area contributed by atoms with Gasteiger partial charge in [0.05, 0.1) is 5.56 Å². The van der Waals surface area contributed by atoms with Crippen LogP contribution in [0.2, 0.25) is 10.2 Å². The Kier molecular flexibility index (Phi) is 4.62. The van der Waals surface area contributed by atoms with Crippen LogP contribution >= 0.6 is 23.2 Å². The highest BCUT2D eigenvalue weighted by atomic mass is 35.5. The molecule has 146 valence electrons. The van der Waals surface area contributed by atoms with E-state index in [9.17, 15) is 4.79 Å². The Morgan fingerprint density at radius 3 is 2.63 bits per heavy atom. The molecule has 0 saturated heterocycles. The summed E-state index contributed by atoms with van der Waals surface area (Å²) >= 11 is 12.3. The lowest BCUT2D eigenvalue weighted by Gasteiger charge is -2.05. The van der Waals surface area contributed by atoms with Gasteiger partial charge in [-0.25, -0.2) is 9.97 Å². The topological polar surface area (TPSA) is 68.0 Å². The molecular formula is C23H13Cl2N3O2. The smallest absolute Gasteiger partial charge is 0.258 e. The average molecular weight is 434 g/mol. The van der Waals surface area contributed by atoms with Gasteiger partial charge in [0.15, 0.2) is 5.58 Å². The highest BCUT2D eigenvalue weighted by Gasteiger charge is 2.15. The lowest BCUT2D eigenvalue weighted by atomic mass is 10.0. The quantitative estimate of drug-likeness (QED) is 0.325. The Labute approximate surface area is 181 Å². The number of amides is 1. The average Bonchev–Trinajstić information content (AvgIpc) is 3.17. The summed E-state index contributed by atoms with van der Waals surface area (Å²) in [4.78, 5) is 21.0. The van der Waals surface area contributed by atoms with Crippen LogP contribution in [0.5, 0.6) is 0 Å². The first-order chi connectivity index (χ1) is 14.6. The van der Waals surface area contributed by atoms with Crippen molar-refractivity contribution in [3.8, 4) is 11.5 Å². The van der Waals surface area contributed by atoms with Crippen molar-refractivity contribution in [1.82, 2.24) is 9.97 Å². The van der Waals surface area contributed by atoms with Gasteiger partial charge in [-0.3, -0.25) is 4.79 Å². The number of nitrogens with zero attached hydrogens (tertiary/aromatic N) is 2. The fraction of sp³-hybridized carbons (Fsp3) is 0. The fourth-order valence-corrected chi connectivity index (χ4v) is 3.78. The van der Waals surface area contributed by atoms with Crippen LogP contribution in [0, 0.1) is 0 Å². The van der Waals surface area contributed by atoms with Gasteiger partial charge < -0.3 is 9.73 Å². The van der Waals surface area contributed by atoms with Gasteiger partial charge in [0.2, 0.25) is 5.89 Å². The van der Waals surface area contributed by atoms with Gasteiger partial charge in [-0.2, -0.15) is 0 Å². The van der Waals surface area contributed by atoms with Gasteiger partial charge in [-0.1, -0.05) is 47.5 Å². The number of carbonyl (C=O) groups excluding carboxylic acids is 1. The molecule has 0 unspecified atom stereocenters. The lowest BCUT2D eigenvalue weighted by Crippen LogP contribution is -2.12. The van der Waals surface area contributed by atoms with Crippen LogP contribution in [0.4, 0.5) is 5.69 Å². The van der Waals surface area contributed by atoms with E-state index in [2.05, 4.69) is 15.3 Å². The first-order valence-corrected chi connectivity index (χ1v) is 9.86. The maximum Gasteiger partial charge on any atom is 0.258 e. The number of hydrogen-bond acceptors (Lipinski definition) is 4. The molecule has 0 bridgehead atoms. The second-order valence-corrected chi connectivity index (χ2v) is 7.40. The van der Waals surface area contributed by atoms with Crippen LogP contribution < -0.4 is 5.32 Å². The molecule has 0 radical (unpaired) electrons. The van der Waals surface area contributed by atoms with Gasteiger partial charge >= 0.3 is 0 Å². The van der Waals surface area contributed by atoms with Crippen LogP contribution in [0.1, 0.15) is 10.4 Å². The molecule has 0 fully saturated rings. The number of benzene rings is 3. The molecule has 5 nitrogen and oxygen atoms in total. The number of fused-ring (bicyclic) bond motifs is 2. The van der Waals surface area contributed by atoms with E-state index in [1.54, 1.807) is 30.3 Å². The molecule has 0 aliphatic heterocycles. The van der Waals surface area contributed by atoms with E-state index < -0.39 is 0 Å². The van der Waals surface area contributed by atoms with Gasteiger partial charge in [0.25, 0.3) is 5.91 Å². The van der Waals surface area contributed by atoms with E-state index in [-0.39, 0.29) is 11.1 Å². The monoisotopic (exact) mass is 433 g/mol. The normalized spacial score (nSPS) is 11.1. The number of aromatic nitrogens is 2. The van der Waals surface area contributed by atoms with E-state index >= 15 is 0 Å². The Morgan fingerprint density at radius 1 is 0.933 bits per heavy atom. The van der Waals surface area contributed by atoms with Crippen LogP contribution in [-0.2, 0) is 0 Å². The summed E-state index contributed by atoms with van der Waals surface area (Å²) in [5.41, 5.74) is 2.96. The van der Waals surface area contributed by atoms with E-state index in [0.717, 1.165) is 16.3 Å². The zero-order valence-electron chi connectivity index (χ0n) is 15.4. The van der Waals surface area contributed by atoms with E-state index in [0.29, 0.717) is 33.3 Å². The molecule has 30 heavy (non-hydrogen) atoms. The summed E-state index contributed by atoms with van der Waals surface area (Å²) in [7, 11) is 0. The van der Waals surface area contributed by atoms with Gasteiger partial charge in [-0.05, 0) is 47.9 Å². The molecule has 3 aromatic carbocycles. The number of carbonyl (C=O) groups is 1. The van der Waals surface area contributed by atoms with Crippen molar-refractivity contribution >= 4 is 56.7 Å². The largest absolute Gasteiger partial charge is 0.436 e. The first-order valence-electron chi connectivity index (χ1n) is 9.10. The minimum Gasteiger partial charge on any atom is -0.436 e. The third-order valence-electron chi connectivity index (χ3n) is 4.75. The second-order valence-electron chi connectivity index (χ2n) is 6.64. The minimum atomic E-state index is -0.347. The highest BCUT2D eigenvalue weighted by molar-refractivity contribution is 6.36. The molecule has 0 aliphatic carbocycles. The van der Waals surface area contributed by atoms with E-state index in [4.69, 9.17) is 27.6 Å². The summed E-state index contributed by atoms with van der Waals surface area (Å²) in [6, 6.07) is 20.1. The predicted octanol–water partition coefficient (Wildman–Crippen LogP) is 6.60. The van der Waals surface area contributed by atoms with Gasteiger partial charge in [-0.15, -0.1) is 0 Å². The van der Waals surface area contributed by atoms with E-state index in [1.165, 1.54) is 6.20 Å². The van der Waals surface area contributed by atoms with Crippen LogP contribution in [0.3, 0.4) is 0 Å². The SMILES string of the molecule is O=C(Nc1ccc2oc(-c3cccc4c(Cl)cccc34)nc2c1)c1cccnc1Cl. The summed E-state index contributed by atoms with van der Waals surface area (Å²) in [6.45, 7) is 0. The number of oxazole rings is 1. The molecule has 0 aliphatic rings. The van der Waals surface area contributed by atoms with Gasteiger partial charge in [0.1, 0.15) is 10.7 Å². The zero-order chi connectivity index (χ0) is 20.7. The zero-order valence-corrected chi connectivity index (χ0v) is 16.9. The maximum absolute atomic E-state index is 12.5. The molecule has 0 spiro atoms. The summed E-state index contributed by atoms with van der Waals surface area (Å²) in [6.07, 6.45) is 1.53. The Morgan fingerprint density at radius 2 is 1.77 bits per heavy atom. The second kappa shape index (κ2) is 7.44. The number of pyridine rings is 1. The molecule has 2 aromatic heterocycles. The maximum atomic E-state index is 12.5. The number of nitrogens with one attached hydrogen (secondary N) is 1. The number of halogens is 2. The minimum absolute atomic E-state index is 0.148. The molecule has 0 atom stereocenters. The predicted molar refractivity (Wildman–Crippen MR) is 119 cm³/mol. The molecule has 5 rings (SSSR count). The van der Waals surface area contributed by atoms with Gasteiger partial charge in [0, 0.05) is 27.9 Å². The molecule has 2 heterocycles. The molecule has 5 aromatic rings. The Balaban J connectivity index is 1.52. The van der Waals surface area contributed by atoms with Crippen molar-refractivity contribution in [2.45, 2.75) is 0 Å². The summed E-state index contributed by atoms with van der Waals surface area (Å²) in [5.74, 6) is 0.136. The Bertz CT molecular complexity index is 1430. The third-order valence-corrected chi connectivity index (χ3v) is 5.38. The van der Waals surface area contributed by atoms with E-state index in [1.807, 2.05) is 36.4 Å². The van der Waals surface area contributed by atoms with Crippen molar-refractivity contribution < 1.29 is 9.21 Å². The number of rotatable bonds is 3. The Hall–Kier alpha value is -3.41. The summed E-state index contributed by atoms with van der Waals surface area (Å²) in [5, 5.41) is 5.52. The third kappa shape index (κ3) is 3.28. The van der Waals surface area contributed by atoms with Crippen molar-refractivity contribution in [3.05, 3.63) is 88.7 Å². The van der Waals surface area contributed by atoms with Crippen molar-refractivity contribution in [2.24, 2.45) is 0 Å². The number of hydrogen-bond donors (Lipinski definition) is 1. The van der Waals surface area contributed by atoms with Crippen molar-refractivity contribution in [1.29, 1.82) is 0 Å². The van der Waals surface area contributed by atoms with Crippen LogP contribution in [0.15, 0.2) is 77.3 Å². The summed E-state index contributed by atoms with van der Waals surface area (Å²) < 4.78 is 5.97. The standard InChI is InChI=1S/C23H13Cl2N3O2/c24-18-8-2-4-14-15(18)5-1-6-16(14)23-28-19-12-13(9-10-20(19)30-23)27-22(29)17-7-3-11-26-21(17)25/h1-12H,(H,27,29). The van der Waals surface area contributed by atoms with Crippen LogP contribution in [0.25, 0.3) is 33.3 Å². The van der Waals surface area contributed by atoms with Crippen LogP contribution in [-0.4, -0.2) is 15.9 Å². The lowest BCUT2D eigenvalue weighted by molar-refractivity contribution is 0.102. The fourth-order valence-electron chi connectivity index (χ4n) is 3.33. The molecular weight excluding hydrogens is 421 g/mol. The number of anilines is 1. The van der Waals surface area contributed by atoms with Crippen molar-refractivity contribution in [3.63, 3.8) is 0 Å². The first kappa shape index (κ1) is 18.6. The molecule has 1 amide bonds.